The van der Waals surface area contributed by atoms with Crippen LogP contribution in [0.1, 0.15) is 12.5 Å². The van der Waals surface area contributed by atoms with Crippen molar-refractivity contribution in [2.24, 2.45) is 5.73 Å². The van der Waals surface area contributed by atoms with Crippen molar-refractivity contribution < 1.29 is 5.11 Å². The zero-order valence-electron chi connectivity index (χ0n) is 8.85. The first-order valence-corrected chi connectivity index (χ1v) is 5.83. The largest absolute Gasteiger partial charge is 0.395 e. The van der Waals surface area contributed by atoms with Crippen LogP contribution in [0.25, 0.3) is 0 Å². The molecule has 15 heavy (non-hydrogen) atoms. The van der Waals surface area contributed by atoms with E-state index in [0.717, 1.165) is 12.2 Å². The van der Waals surface area contributed by atoms with Gasteiger partial charge in [-0.1, -0.05) is 19.1 Å². The van der Waals surface area contributed by atoms with Crippen LogP contribution >= 0.6 is 24.2 Å². The average molecular weight is 248 g/mol. The van der Waals surface area contributed by atoms with Crippen molar-refractivity contribution in [2.45, 2.75) is 24.3 Å². The van der Waals surface area contributed by atoms with Crippen LogP contribution in [0, 0.1) is 0 Å². The van der Waals surface area contributed by atoms with Crippen LogP contribution in [0.3, 0.4) is 0 Å². The first kappa shape index (κ1) is 14.8. The first-order valence-electron chi connectivity index (χ1n) is 4.84. The van der Waals surface area contributed by atoms with Crippen LogP contribution in [0.5, 0.6) is 0 Å². The molecule has 1 atom stereocenters. The fourth-order valence-corrected chi connectivity index (χ4v) is 1.92. The number of aliphatic hydroxyl groups excluding tert-OH is 1. The molecule has 0 aliphatic rings. The SMILES string of the molecule is CCSc1ccc(CC(N)CO)cc1.Cl. The Labute approximate surface area is 102 Å². The van der Waals surface area contributed by atoms with E-state index >= 15 is 0 Å². The summed E-state index contributed by atoms with van der Waals surface area (Å²) in [5.41, 5.74) is 6.83. The fraction of sp³-hybridized carbons (Fsp3) is 0.455. The number of halogens is 1. The minimum atomic E-state index is -0.139. The summed E-state index contributed by atoms with van der Waals surface area (Å²) in [4.78, 5) is 1.29. The Hall–Kier alpha value is -0.220. The normalized spacial score (nSPS) is 11.9. The number of rotatable bonds is 5. The lowest BCUT2D eigenvalue weighted by atomic mass is 10.1. The highest BCUT2D eigenvalue weighted by Crippen LogP contribution is 2.18. The summed E-state index contributed by atoms with van der Waals surface area (Å²) in [5.74, 6) is 1.09. The molecule has 0 saturated carbocycles. The maximum absolute atomic E-state index is 8.81. The van der Waals surface area contributed by atoms with Gasteiger partial charge in [-0.3, -0.25) is 0 Å². The molecule has 0 bridgehead atoms. The molecule has 0 spiro atoms. The molecule has 1 unspecified atom stereocenters. The zero-order valence-corrected chi connectivity index (χ0v) is 10.5. The molecule has 0 aliphatic carbocycles. The third kappa shape index (κ3) is 5.42. The predicted octanol–water partition coefficient (Wildman–Crippen LogP) is 2.08. The van der Waals surface area contributed by atoms with Gasteiger partial charge in [-0.25, -0.2) is 0 Å². The monoisotopic (exact) mass is 247 g/mol. The van der Waals surface area contributed by atoms with Gasteiger partial charge in [0.05, 0.1) is 6.61 Å². The molecule has 1 aromatic carbocycles. The number of thioether (sulfide) groups is 1. The van der Waals surface area contributed by atoms with Crippen LogP contribution < -0.4 is 5.73 Å². The van der Waals surface area contributed by atoms with E-state index < -0.39 is 0 Å². The molecule has 1 rings (SSSR count). The summed E-state index contributed by atoms with van der Waals surface area (Å²) in [5, 5.41) is 8.81. The highest BCUT2D eigenvalue weighted by atomic mass is 35.5. The number of benzene rings is 1. The van der Waals surface area contributed by atoms with Crippen LogP contribution in [-0.2, 0) is 6.42 Å². The molecular formula is C11H18ClNOS. The molecule has 0 aliphatic heterocycles. The van der Waals surface area contributed by atoms with Gasteiger partial charge < -0.3 is 10.8 Å². The third-order valence-electron chi connectivity index (χ3n) is 1.97. The Kier molecular flexibility index (Phi) is 7.88. The summed E-state index contributed by atoms with van der Waals surface area (Å²) in [6.45, 7) is 2.19. The molecule has 4 heteroatoms. The summed E-state index contributed by atoms with van der Waals surface area (Å²) in [6.07, 6.45) is 0.744. The molecule has 0 radical (unpaired) electrons. The topological polar surface area (TPSA) is 46.2 Å². The Morgan fingerprint density at radius 1 is 1.33 bits per heavy atom. The van der Waals surface area contributed by atoms with E-state index in [1.54, 1.807) is 0 Å². The number of aliphatic hydroxyl groups is 1. The lowest BCUT2D eigenvalue weighted by molar-refractivity contribution is 0.265. The average Bonchev–Trinajstić information content (AvgIpc) is 2.21. The van der Waals surface area contributed by atoms with Gasteiger partial charge in [0.2, 0.25) is 0 Å². The van der Waals surface area contributed by atoms with Crippen LogP contribution in [0.15, 0.2) is 29.2 Å². The molecule has 2 nitrogen and oxygen atoms in total. The van der Waals surface area contributed by atoms with E-state index in [4.69, 9.17) is 10.8 Å². The second kappa shape index (κ2) is 7.99. The highest BCUT2D eigenvalue weighted by molar-refractivity contribution is 7.99. The third-order valence-corrected chi connectivity index (χ3v) is 2.86. The molecule has 0 amide bonds. The van der Waals surface area contributed by atoms with E-state index in [-0.39, 0.29) is 25.1 Å². The minimum Gasteiger partial charge on any atom is -0.395 e. The number of hydrogen-bond donors (Lipinski definition) is 2. The molecule has 86 valence electrons. The molecule has 1 aromatic rings. The summed E-state index contributed by atoms with van der Waals surface area (Å²) < 4.78 is 0. The molecule has 0 aromatic heterocycles. The molecule has 0 fully saturated rings. The van der Waals surface area contributed by atoms with Gasteiger partial charge >= 0.3 is 0 Å². The van der Waals surface area contributed by atoms with E-state index in [1.807, 2.05) is 11.8 Å². The van der Waals surface area contributed by atoms with Crippen molar-refractivity contribution in [3.8, 4) is 0 Å². The quantitative estimate of drug-likeness (QED) is 0.784. The van der Waals surface area contributed by atoms with E-state index in [0.29, 0.717) is 0 Å². The zero-order chi connectivity index (χ0) is 10.4. The smallest absolute Gasteiger partial charge is 0.0585 e. The van der Waals surface area contributed by atoms with Crippen molar-refractivity contribution in [1.82, 2.24) is 0 Å². The Balaban J connectivity index is 0.00000196. The van der Waals surface area contributed by atoms with E-state index in [1.165, 1.54) is 10.5 Å². The van der Waals surface area contributed by atoms with Gasteiger partial charge in [-0.2, -0.15) is 0 Å². The van der Waals surface area contributed by atoms with Crippen molar-refractivity contribution in [3.63, 3.8) is 0 Å². The van der Waals surface area contributed by atoms with Gasteiger partial charge in [-0.15, -0.1) is 24.2 Å². The van der Waals surface area contributed by atoms with Gasteiger partial charge in [0, 0.05) is 10.9 Å². The Morgan fingerprint density at radius 3 is 2.40 bits per heavy atom. The minimum absolute atomic E-state index is 0. The van der Waals surface area contributed by atoms with Gasteiger partial charge in [0.1, 0.15) is 0 Å². The highest BCUT2D eigenvalue weighted by Gasteiger charge is 2.01. The van der Waals surface area contributed by atoms with Gasteiger partial charge in [0.25, 0.3) is 0 Å². The summed E-state index contributed by atoms with van der Waals surface area (Å²) >= 11 is 1.83. The molecule has 3 N–H and O–H groups in total. The number of nitrogens with two attached hydrogens (primary N) is 1. The Morgan fingerprint density at radius 2 is 1.93 bits per heavy atom. The van der Waals surface area contributed by atoms with Gasteiger partial charge in [0.15, 0.2) is 0 Å². The van der Waals surface area contributed by atoms with Crippen molar-refractivity contribution in [1.29, 1.82) is 0 Å². The molecular weight excluding hydrogens is 230 g/mol. The number of hydrogen-bond acceptors (Lipinski definition) is 3. The summed E-state index contributed by atoms with van der Waals surface area (Å²) in [7, 11) is 0. The van der Waals surface area contributed by atoms with Gasteiger partial charge in [-0.05, 0) is 29.9 Å². The maximum atomic E-state index is 8.81. The molecule has 0 heterocycles. The molecule has 0 saturated heterocycles. The van der Waals surface area contributed by atoms with E-state index in [2.05, 4.69) is 31.2 Å². The Bertz CT molecular complexity index is 266. The van der Waals surface area contributed by atoms with Crippen LogP contribution in [0.4, 0.5) is 0 Å². The summed E-state index contributed by atoms with van der Waals surface area (Å²) in [6, 6.07) is 8.22. The first-order chi connectivity index (χ1) is 6.76. The predicted molar refractivity (Wildman–Crippen MR) is 68.9 cm³/mol. The van der Waals surface area contributed by atoms with E-state index in [9.17, 15) is 0 Å². The fourth-order valence-electron chi connectivity index (χ4n) is 1.26. The second-order valence-electron chi connectivity index (χ2n) is 3.22. The van der Waals surface area contributed by atoms with Crippen molar-refractivity contribution >= 4 is 24.2 Å². The van der Waals surface area contributed by atoms with Crippen LogP contribution in [0.2, 0.25) is 0 Å². The van der Waals surface area contributed by atoms with Crippen molar-refractivity contribution in [3.05, 3.63) is 29.8 Å². The maximum Gasteiger partial charge on any atom is 0.0585 e. The second-order valence-corrected chi connectivity index (χ2v) is 4.56. The lowest BCUT2D eigenvalue weighted by Crippen LogP contribution is -2.26. The standard InChI is InChI=1S/C11H17NOS.ClH/c1-2-14-11-5-3-9(4-6-11)7-10(12)8-13;/h3-6,10,13H,2,7-8,12H2,1H3;1H. The lowest BCUT2D eigenvalue weighted by Gasteiger charge is -2.08. The van der Waals surface area contributed by atoms with Crippen LogP contribution in [-0.4, -0.2) is 23.5 Å². The van der Waals surface area contributed by atoms with Crippen molar-refractivity contribution in [2.75, 3.05) is 12.4 Å².